The molecule has 228 valence electrons. The number of carbonyl (C=O) groups excluding carboxylic acids is 1. The second-order valence-corrected chi connectivity index (χ2v) is 20.2. The number of thioether (sulfide) groups is 1. The fraction of sp³-hybridized carbons (Fsp3) is 0.515. The lowest BCUT2D eigenvalue weighted by Crippen LogP contribution is -2.45. The Labute approximate surface area is 267 Å². The molecule has 2 atom stereocenters. The van der Waals surface area contributed by atoms with E-state index in [1.807, 2.05) is 29.2 Å². The average Bonchev–Trinajstić information content (AvgIpc) is 3.39. The van der Waals surface area contributed by atoms with Crippen LogP contribution in [0.2, 0.25) is 28.2 Å². The largest absolute Gasteiger partial charge is 0.415 e. The molecule has 2 heterocycles. The van der Waals surface area contributed by atoms with E-state index in [4.69, 9.17) is 32.6 Å². The highest BCUT2D eigenvalue weighted by atomic mass is 35.5. The van der Waals surface area contributed by atoms with Crippen molar-refractivity contribution >= 4 is 54.4 Å². The highest BCUT2D eigenvalue weighted by Crippen LogP contribution is 2.56. The van der Waals surface area contributed by atoms with Gasteiger partial charge in [-0.2, -0.15) is 0 Å². The molecule has 2 aromatic rings. The Balaban J connectivity index is 1.73. The molecule has 42 heavy (non-hydrogen) atoms. The Morgan fingerprint density at radius 1 is 1.05 bits per heavy atom. The number of rotatable bonds is 9. The second-order valence-electron chi connectivity index (χ2n) is 13.5. The van der Waals surface area contributed by atoms with Gasteiger partial charge in [-0.1, -0.05) is 82.1 Å². The highest BCUT2D eigenvalue weighted by Gasteiger charge is 2.53. The first-order valence-electron chi connectivity index (χ1n) is 14.8. The molecular formula is C33H45Cl2N3O2SSi. The normalized spacial score (nSPS) is 21.0. The number of nitrogens with zero attached hydrogens (tertiary/aromatic N) is 3. The molecule has 0 unspecified atom stereocenters. The summed E-state index contributed by atoms with van der Waals surface area (Å²) >= 11 is 14.1. The van der Waals surface area contributed by atoms with Gasteiger partial charge in [0.1, 0.15) is 10.4 Å². The topological polar surface area (TPSA) is 45.1 Å². The van der Waals surface area contributed by atoms with Crippen molar-refractivity contribution in [1.82, 2.24) is 9.80 Å². The lowest BCUT2D eigenvalue weighted by Gasteiger charge is -2.38. The van der Waals surface area contributed by atoms with Crippen molar-refractivity contribution in [1.29, 1.82) is 0 Å². The van der Waals surface area contributed by atoms with Crippen molar-refractivity contribution in [3.63, 3.8) is 0 Å². The van der Waals surface area contributed by atoms with Crippen molar-refractivity contribution in [2.75, 3.05) is 13.2 Å². The minimum absolute atomic E-state index is 0.0332. The number of amidine groups is 1. The molecule has 0 aliphatic carbocycles. The van der Waals surface area contributed by atoms with Crippen molar-refractivity contribution < 1.29 is 9.22 Å². The molecule has 0 aromatic heterocycles. The first-order valence-corrected chi connectivity index (χ1v) is 19.2. The molecule has 0 spiro atoms. The van der Waals surface area contributed by atoms with E-state index in [-0.39, 0.29) is 28.9 Å². The number of benzene rings is 2. The Morgan fingerprint density at radius 2 is 1.60 bits per heavy atom. The number of fused-ring (bicyclic) bond motifs is 1. The van der Waals surface area contributed by atoms with E-state index in [1.54, 1.807) is 0 Å². The van der Waals surface area contributed by atoms with Gasteiger partial charge in [0.25, 0.3) is 5.91 Å². The monoisotopic (exact) mass is 645 g/mol. The fourth-order valence-electron chi connectivity index (χ4n) is 5.40. The summed E-state index contributed by atoms with van der Waals surface area (Å²) in [6.45, 7) is 22.9. The molecule has 0 bridgehead atoms. The van der Waals surface area contributed by atoms with Crippen LogP contribution in [0.5, 0.6) is 0 Å². The summed E-state index contributed by atoms with van der Waals surface area (Å²) in [6.07, 6.45) is 0. The number of carbonyl (C=O) groups is 1. The first kappa shape index (κ1) is 33.1. The van der Waals surface area contributed by atoms with Gasteiger partial charge in [0.2, 0.25) is 0 Å². The quantitative estimate of drug-likeness (QED) is 0.255. The van der Waals surface area contributed by atoms with E-state index in [0.717, 1.165) is 26.9 Å². The summed E-state index contributed by atoms with van der Waals surface area (Å²) in [7, 11) is -1.93. The van der Waals surface area contributed by atoms with Crippen LogP contribution in [0.1, 0.15) is 72.6 Å². The molecule has 2 aliphatic heterocycles. The van der Waals surface area contributed by atoms with Gasteiger partial charge in [-0.3, -0.25) is 4.79 Å². The minimum atomic E-state index is -1.93. The Hall–Kier alpha value is -1.77. The maximum atomic E-state index is 14.3. The zero-order chi connectivity index (χ0) is 31.2. The van der Waals surface area contributed by atoms with Crippen LogP contribution in [0.15, 0.2) is 64.1 Å². The summed E-state index contributed by atoms with van der Waals surface area (Å²) in [4.78, 5) is 24.7. The summed E-state index contributed by atoms with van der Waals surface area (Å²) in [5.74, 6) is 0.140. The predicted octanol–water partition coefficient (Wildman–Crippen LogP) is 9.49. The summed E-state index contributed by atoms with van der Waals surface area (Å²) < 4.78 is 6.47. The van der Waals surface area contributed by atoms with Gasteiger partial charge in [-0.25, -0.2) is 4.99 Å². The first-order chi connectivity index (χ1) is 19.5. The van der Waals surface area contributed by atoms with Crippen molar-refractivity contribution in [3.8, 4) is 0 Å². The second kappa shape index (κ2) is 12.3. The van der Waals surface area contributed by atoms with Crippen LogP contribution >= 0.6 is 35.0 Å². The van der Waals surface area contributed by atoms with Crippen molar-refractivity contribution in [2.45, 2.75) is 91.1 Å². The Morgan fingerprint density at radius 3 is 2.10 bits per heavy atom. The molecule has 0 radical (unpaired) electrons. The third-order valence-corrected chi connectivity index (χ3v) is 15.0. The average molecular weight is 647 g/mol. The Kier molecular flexibility index (Phi) is 9.71. The van der Waals surface area contributed by atoms with Gasteiger partial charge in [0.15, 0.2) is 13.5 Å². The van der Waals surface area contributed by atoms with Gasteiger partial charge in [0.05, 0.1) is 12.6 Å². The molecule has 5 nitrogen and oxygen atoms in total. The van der Waals surface area contributed by atoms with Crippen LogP contribution in [0.25, 0.3) is 0 Å². The van der Waals surface area contributed by atoms with Gasteiger partial charge in [0, 0.05) is 28.3 Å². The zero-order valence-corrected chi connectivity index (χ0v) is 29.9. The molecule has 2 aliphatic rings. The lowest BCUT2D eigenvalue weighted by atomic mass is 9.81. The number of halogens is 2. The third kappa shape index (κ3) is 6.37. The van der Waals surface area contributed by atoms with E-state index in [9.17, 15) is 4.79 Å². The van der Waals surface area contributed by atoms with Crippen LogP contribution in [0.3, 0.4) is 0 Å². The number of aliphatic imine (C=N–C) groups is 1. The zero-order valence-electron chi connectivity index (χ0n) is 26.6. The number of hydrogen-bond donors (Lipinski definition) is 0. The molecule has 4 rings (SSSR count). The van der Waals surface area contributed by atoms with Crippen LogP contribution in [-0.4, -0.2) is 48.4 Å². The van der Waals surface area contributed by atoms with Gasteiger partial charge < -0.3 is 14.2 Å². The van der Waals surface area contributed by atoms with Crippen LogP contribution in [0, 0.1) is 5.92 Å². The minimum Gasteiger partial charge on any atom is -0.415 e. The number of allylic oxidation sites excluding steroid dienone is 1. The summed E-state index contributed by atoms with van der Waals surface area (Å²) in [5, 5.41) is 2.34. The standard InChI is InChI=1S/C33H45Cl2N3O2SSi/c1-21(2)27-28(30(39)37(22(3)4)19-20-40-42(9,10)32(5,6)7)41-31-36-33(8,24-13-17-26(35)18-14-24)29(38(27)31)23-11-15-25(34)16-12-23/h11-18,21-22,29H,19-20H2,1-10H3/t29-,33+/m1/s1. The van der Waals surface area contributed by atoms with Gasteiger partial charge in [-0.05, 0) is 92.0 Å². The molecule has 9 heteroatoms. The third-order valence-electron chi connectivity index (χ3n) is 8.85. The van der Waals surface area contributed by atoms with Crippen LogP contribution in [0.4, 0.5) is 0 Å². The van der Waals surface area contributed by atoms with E-state index >= 15 is 0 Å². The lowest BCUT2D eigenvalue weighted by molar-refractivity contribution is -0.128. The van der Waals surface area contributed by atoms with Crippen LogP contribution < -0.4 is 0 Å². The van der Waals surface area contributed by atoms with E-state index < -0.39 is 13.9 Å². The SMILES string of the molecule is CC(C)C1=C(C(=O)N(CCO[Si](C)(C)C(C)(C)C)C(C)C)SC2=N[C@@](C)(c3ccc(Cl)cc3)[C@@H](c3ccc(Cl)cc3)N21. The number of amides is 1. The predicted molar refractivity (Wildman–Crippen MR) is 182 cm³/mol. The molecule has 0 fully saturated rings. The van der Waals surface area contributed by atoms with Gasteiger partial charge >= 0.3 is 0 Å². The molecule has 2 aromatic carbocycles. The van der Waals surface area contributed by atoms with Crippen molar-refractivity contribution in [2.24, 2.45) is 10.9 Å². The Bertz CT molecular complexity index is 1370. The maximum Gasteiger partial charge on any atom is 0.262 e. The van der Waals surface area contributed by atoms with Crippen molar-refractivity contribution in [3.05, 3.63) is 80.3 Å². The summed E-state index contributed by atoms with van der Waals surface area (Å²) in [5.41, 5.74) is 2.57. The van der Waals surface area contributed by atoms with Crippen LogP contribution in [-0.2, 0) is 14.8 Å². The molecule has 0 N–H and O–H groups in total. The number of hydrogen-bond acceptors (Lipinski definition) is 5. The van der Waals surface area contributed by atoms with E-state index in [0.29, 0.717) is 23.2 Å². The molecular weight excluding hydrogens is 601 g/mol. The van der Waals surface area contributed by atoms with E-state index in [2.05, 4.69) is 97.6 Å². The molecule has 0 saturated heterocycles. The molecule has 0 saturated carbocycles. The summed E-state index contributed by atoms with van der Waals surface area (Å²) in [6, 6.07) is 15.8. The maximum absolute atomic E-state index is 14.3. The van der Waals surface area contributed by atoms with Gasteiger partial charge in [-0.15, -0.1) is 0 Å². The smallest absolute Gasteiger partial charge is 0.262 e. The fourth-order valence-corrected chi connectivity index (χ4v) is 8.05. The molecule has 1 amide bonds. The highest BCUT2D eigenvalue weighted by molar-refractivity contribution is 8.18. The van der Waals surface area contributed by atoms with E-state index in [1.165, 1.54) is 11.8 Å².